The molecule has 0 saturated carbocycles. The number of aliphatic hydroxyl groups is 1. The Labute approximate surface area is 205 Å². The smallest absolute Gasteiger partial charge is 0.328 e. The van der Waals surface area contributed by atoms with Gasteiger partial charge in [-0.05, 0) is 50.2 Å². The number of aromatic nitrogens is 1. The van der Waals surface area contributed by atoms with Crippen LogP contribution in [-0.2, 0) is 11.2 Å². The van der Waals surface area contributed by atoms with Gasteiger partial charge < -0.3 is 19.7 Å². The lowest BCUT2D eigenvalue weighted by Crippen LogP contribution is -2.53. The van der Waals surface area contributed by atoms with Crippen LogP contribution in [0.1, 0.15) is 36.7 Å². The lowest BCUT2D eigenvalue weighted by atomic mass is 9.81. The van der Waals surface area contributed by atoms with Crippen LogP contribution < -0.4 is 4.74 Å². The van der Waals surface area contributed by atoms with Crippen molar-refractivity contribution in [2.24, 2.45) is 0 Å². The number of H-pyrrole nitrogens is 1. The molecule has 2 aliphatic heterocycles. The van der Waals surface area contributed by atoms with E-state index >= 15 is 0 Å². The molecule has 1 saturated heterocycles. The highest BCUT2D eigenvalue weighted by atomic mass is 16.5. The van der Waals surface area contributed by atoms with E-state index in [0.29, 0.717) is 26.1 Å². The molecular weight excluding hydrogens is 444 g/mol. The average molecular weight is 477 g/mol. The molecule has 2 aromatic carbocycles. The van der Waals surface area contributed by atoms with Crippen molar-refractivity contribution in [1.29, 1.82) is 0 Å². The van der Waals surface area contributed by atoms with Crippen molar-refractivity contribution in [3.05, 3.63) is 65.4 Å². The molecule has 8 nitrogen and oxygen atoms in total. The number of rotatable bonds is 8. The van der Waals surface area contributed by atoms with E-state index in [0.717, 1.165) is 33.5 Å². The Morgan fingerprint density at radius 2 is 1.94 bits per heavy atom. The number of ether oxygens (including phenoxy) is 1. The normalized spacial score (nSPS) is 21.7. The van der Waals surface area contributed by atoms with Crippen LogP contribution in [0, 0.1) is 0 Å². The van der Waals surface area contributed by atoms with E-state index in [2.05, 4.69) is 4.98 Å². The highest BCUT2D eigenvalue weighted by Gasteiger charge is 2.60. The van der Waals surface area contributed by atoms with Gasteiger partial charge in [0, 0.05) is 42.7 Å². The molecule has 5 rings (SSSR count). The Balaban J connectivity index is 1.61. The summed E-state index contributed by atoms with van der Waals surface area (Å²) < 4.78 is 5.75. The Bertz CT molecular complexity index is 1260. The number of nitrogens with zero attached hydrogens (tertiary/aromatic N) is 3. The molecule has 2 atom stereocenters. The van der Waals surface area contributed by atoms with Crippen LogP contribution >= 0.6 is 0 Å². The van der Waals surface area contributed by atoms with Gasteiger partial charge in [0.15, 0.2) is 0 Å². The molecule has 0 bridgehead atoms. The van der Waals surface area contributed by atoms with Crippen LogP contribution in [0.15, 0.2) is 48.5 Å². The molecule has 0 unspecified atom stereocenters. The van der Waals surface area contributed by atoms with E-state index < -0.39 is 11.6 Å². The summed E-state index contributed by atoms with van der Waals surface area (Å²) in [6.07, 6.45) is 0.425. The number of aromatic amines is 1. The first kappa shape index (κ1) is 23.4. The van der Waals surface area contributed by atoms with E-state index in [9.17, 15) is 14.7 Å². The van der Waals surface area contributed by atoms with Gasteiger partial charge in [-0.3, -0.25) is 14.6 Å². The molecule has 1 fully saturated rings. The molecule has 8 heteroatoms. The van der Waals surface area contributed by atoms with Crippen LogP contribution in [0.3, 0.4) is 0 Å². The fourth-order valence-corrected chi connectivity index (χ4v) is 5.48. The highest BCUT2D eigenvalue weighted by Crippen LogP contribution is 2.48. The Morgan fingerprint density at radius 3 is 2.66 bits per heavy atom. The van der Waals surface area contributed by atoms with Gasteiger partial charge in [-0.25, -0.2) is 4.79 Å². The molecule has 184 valence electrons. The number of amides is 3. The summed E-state index contributed by atoms with van der Waals surface area (Å²) in [6.45, 7) is 5.72. The van der Waals surface area contributed by atoms with E-state index in [1.54, 1.807) is 4.90 Å². The first-order valence-electron chi connectivity index (χ1n) is 12.2. The SMILES string of the molecule is CCOc1ccc2[nH]c3c(c2c1)C[C@@]1(C)C(=O)N(CCN(C)CCO)C(=O)N1[C@@H]3c1ccccc1. The van der Waals surface area contributed by atoms with E-state index in [1.807, 2.05) is 74.3 Å². The molecule has 2 aliphatic rings. The van der Waals surface area contributed by atoms with Gasteiger partial charge in [-0.15, -0.1) is 0 Å². The molecule has 1 aromatic heterocycles. The number of hydrogen-bond donors (Lipinski definition) is 2. The third kappa shape index (κ3) is 3.77. The van der Waals surface area contributed by atoms with E-state index in [-0.39, 0.29) is 25.1 Å². The number of benzene rings is 2. The second kappa shape index (κ2) is 9.02. The average Bonchev–Trinajstić information content (AvgIpc) is 3.29. The van der Waals surface area contributed by atoms with Crippen molar-refractivity contribution in [2.45, 2.75) is 31.8 Å². The predicted molar refractivity (Wildman–Crippen MR) is 133 cm³/mol. The number of aliphatic hydroxyl groups excluding tert-OH is 1. The van der Waals surface area contributed by atoms with Crippen molar-refractivity contribution in [3.63, 3.8) is 0 Å². The number of fused-ring (bicyclic) bond motifs is 4. The van der Waals surface area contributed by atoms with Gasteiger partial charge in [0.25, 0.3) is 5.91 Å². The van der Waals surface area contributed by atoms with Gasteiger partial charge in [-0.2, -0.15) is 0 Å². The molecule has 2 N–H and O–H groups in total. The molecule has 3 heterocycles. The van der Waals surface area contributed by atoms with Crippen molar-refractivity contribution in [2.75, 3.05) is 39.9 Å². The molecular formula is C27H32N4O4. The second-order valence-electron chi connectivity index (χ2n) is 9.56. The van der Waals surface area contributed by atoms with Crippen molar-refractivity contribution >= 4 is 22.8 Å². The quantitative estimate of drug-likeness (QED) is 0.488. The number of likely N-dealkylation sites (N-methyl/N-ethyl adjacent to an activating group) is 1. The minimum absolute atomic E-state index is 0.0315. The van der Waals surface area contributed by atoms with Crippen LogP contribution in [0.4, 0.5) is 4.79 Å². The van der Waals surface area contributed by atoms with Crippen LogP contribution in [0.5, 0.6) is 5.75 Å². The Kier molecular flexibility index (Phi) is 6.02. The fraction of sp³-hybridized carbons (Fsp3) is 0.407. The van der Waals surface area contributed by atoms with Crippen molar-refractivity contribution in [3.8, 4) is 5.75 Å². The number of hydrogen-bond acceptors (Lipinski definition) is 5. The van der Waals surface area contributed by atoms with Gasteiger partial charge >= 0.3 is 6.03 Å². The summed E-state index contributed by atoms with van der Waals surface area (Å²) in [4.78, 5) is 36.2. The topological polar surface area (TPSA) is 89.1 Å². The van der Waals surface area contributed by atoms with Gasteiger partial charge in [0.1, 0.15) is 17.3 Å². The molecule has 3 aromatic rings. The predicted octanol–water partition coefficient (Wildman–Crippen LogP) is 3.16. The van der Waals surface area contributed by atoms with E-state index in [1.165, 1.54) is 4.90 Å². The lowest BCUT2D eigenvalue weighted by molar-refractivity contribution is -0.133. The number of carbonyl (C=O) groups is 2. The molecule has 0 spiro atoms. The Morgan fingerprint density at radius 1 is 1.17 bits per heavy atom. The minimum Gasteiger partial charge on any atom is -0.494 e. The van der Waals surface area contributed by atoms with Crippen LogP contribution in [-0.4, -0.2) is 82.2 Å². The fourth-order valence-electron chi connectivity index (χ4n) is 5.48. The van der Waals surface area contributed by atoms with Crippen molar-refractivity contribution < 1.29 is 19.4 Å². The van der Waals surface area contributed by atoms with Gasteiger partial charge in [0.2, 0.25) is 0 Å². The maximum absolute atomic E-state index is 13.8. The largest absolute Gasteiger partial charge is 0.494 e. The number of urea groups is 1. The van der Waals surface area contributed by atoms with Crippen molar-refractivity contribution in [1.82, 2.24) is 19.7 Å². The first-order valence-corrected chi connectivity index (χ1v) is 12.2. The maximum atomic E-state index is 13.8. The van der Waals surface area contributed by atoms with Crippen LogP contribution in [0.2, 0.25) is 0 Å². The molecule has 3 amide bonds. The zero-order chi connectivity index (χ0) is 24.7. The third-order valence-electron chi connectivity index (χ3n) is 7.25. The monoisotopic (exact) mass is 476 g/mol. The standard InChI is InChI=1S/C27H32N4O4/c1-4-35-19-10-11-22-20(16-19)21-17-27(2)25(33)30(13-12-29(3)14-15-32)26(34)31(27)24(23(21)28-22)18-8-6-5-7-9-18/h5-11,16,24,28,32H,4,12-15,17H2,1-3H3/t24-,27+/m1/s1. The summed E-state index contributed by atoms with van der Waals surface area (Å²) >= 11 is 0. The number of carbonyl (C=O) groups excluding carboxylic acids is 2. The summed E-state index contributed by atoms with van der Waals surface area (Å²) in [6, 6.07) is 15.2. The number of imide groups is 1. The summed E-state index contributed by atoms with van der Waals surface area (Å²) in [5, 5.41) is 10.2. The summed E-state index contributed by atoms with van der Waals surface area (Å²) in [5.74, 6) is 0.606. The van der Waals surface area contributed by atoms with Gasteiger partial charge in [0.05, 0.1) is 13.2 Å². The number of nitrogens with one attached hydrogen (secondary N) is 1. The molecule has 0 aliphatic carbocycles. The third-order valence-corrected chi connectivity index (χ3v) is 7.25. The minimum atomic E-state index is -1.00. The Hall–Kier alpha value is -3.36. The van der Waals surface area contributed by atoms with Crippen LogP contribution in [0.25, 0.3) is 10.9 Å². The summed E-state index contributed by atoms with van der Waals surface area (Å²) in [5.41, 5.74) is 2.91. The van der Waals surface area contributed by atoms with E-state index in [4.69, 9.17) is 4.74 Å². The van der Waals surface area contributed by atoms with Gasteiger partial charge in [-0.1, -0.05) is 30.3 Å². The maximum Gasteiger partial charge on any atom is 0.328 e. The highest BCUT2D eigenvalue weighted by molar-refractivity contribution is 6.08. The molecule has 0 radical (unpaired) electrons. The first-order chi connectivity index (χ1) is 16.9. The second-order valence-corrected chi connectivity index (χ2v) is 9.56. The summed E-state index contributed by atoms with van der Waals surface area (Å²) in [7, 11) is 1.87. The lowest BCUT2D eigenvalue weighted by Gasteiger charge is -2.42. The molecule has 35 heavy (non-hydrogen) atoms. The zero-order valence-corrected chi connectivity index (χ0v) is 20.5. The zero-order valence-electron chi connectivity index (χ0n) is 20.5.